The van der Waals surface area contributed by atoms with Gasteiger partial charge in [-0.2, -0.15) is 0 Å². The van der Waals surface area contributed by atoms with Crippen LogP contribution in [0.5, 0.6) is 0 Å². The fourth-order valence-electron chi connectivity index (χ4n) is 2.30. The van der Waals surface area contributed by atoms with E-state index in [1.807, 2.05) is 0 Å². The molecule has 0 aromatic carbocycles. The van der Waals surface area contributed by atoms with Crippen molar-refractivity contribution in [1.82, 2.24) is 20.3 Å². The number of amides is 2. The number of carbonyl (C=O) groups is 2. The first kappa shape index (κ1) is 24.7. The van der Waals surface area contributed by atoms with E-state index < -0.39 is 5.91 Å². The van der Waals surface area contributed by atoms with Gasteiger partial charge in [0, 0.05) is 19.5 Å². The van der Waals surface area contributed by atoms with Crippen molar-refractivity contribution in [2.45, 2.75) is 39.0 Å². The summed E-state index contributed by atoms with van der Waals surface area (Å²) in [5.41, 5.74) is 27.2. The van der Waals surface area contributed by atoms with E-state index in [1.54, 1.807) is 6.92 Å². The first-order valence-electron chi connectivity index (χ1n) is 9.25. The lowest BCUT2D eigenvalue weighted by molar-refractivity contribution is -0.131. The molecule has 14 heteroatoms. The van der Waals surface area contributed by atoms with Gasteiger partial charge in [0.1, 0.15) is 0 Å². The van der Waals surface area contributed by atoms with Crippen LogP contribution in [0.1, 0.15) is 49.5 Å². The van der Waals surface area contributed by atoms with Gasteiger partial charge in [0.25, 0.3) is 5.91 Å². The highest BCUT2D eigenvalue weighted by Crippen LogP contribution is 2.17. The smallest absolute Gasteiger partial charge is 0.280 e. The van der Waals surface area contributed by atoms with Crippen LogP contribution in [0.4, 0.5) is 11.6 Å². The van der Waals surface area contributed by atoms with Gasteiger partial charge in [-0.25, -0.2) is 15.0 Å². The summed E-state index contributed by atoms with van der Waals surface area (Å²) in [6.07, 6.45) is 3.46. The van der Waals surface area contributed by atoms with E-state index in [0.29, 0.717) is 19.5 Å². The summed E-state index contributed by atoms with van der Waals surface area (Å²) in [6, 6.07) is 0. The minimum atomic E-state index is -0.691. The molecule has 0 bridgehead atoms. The predicted octanol–water partition coefficient (Wildman–Crippen LogP) is -0.674. The highest BCUT2D eigenvalue weighted by molar-refractivity contribution is 6.31. The Bertz CT molecular complexity index is 809. The molecule has 1 heterocycles. The van der Waals surface area contributed by atoms with Gasteiger partial charge >= 0.3 is 0 Å². The Morgan fingerprint density at radius 2 is 1.73 bits per heavy atom. The lowest BCUT2D eigenvalue weighted by Crippen LogP contribution is -2.38. The fraction of sp³-hybridized carbons (Fsp3) is 0.500. The molecule has 30 heavy (non-hydrogen) atoms. The van der Waals surface area contributed by atoms with Gasteiger partial charge in [0.15, 0.2) is 28.4 Å². The van der Waals surface area contributed by atoms with E-state index in [0.717, 1.165) is 25.7 Å². The number of hydrogen-bond donors (Lipinski definition) is 6. The number of nitrogens with two attached hydrogens (primary N) is 5. The molecule has 0 radical (unpaired) electrons. The number of rotatable bonds is 10. The molecule has 13 nitrogen and oxygen atoms in total. The minimum Gasteiger partial charge on any atom is -0.382 e. The van der Waals surface area contributed by atoms with Crippen LogP contribution in [0.25, 0.3) is 0 Å². The van der Waals surface area contributed by atoms with Crippen LogP contribution in [0.3, 0.4) is 0 Å². The fourth-order valence-corrected chi connectivity index (χ4v) is 2.43. The molecule has 0 unspecified atom stereocenters. The molecule has 166 valence electrons. The Balaban J connectivity index is 2.37. The van der Waals surface area contributed by atoms with Crippen molar-refractivity contribution in [3.05, 3.63) is 10.8 Å². The van der Waals surface area contributed by atoms with Crippen LogP contribution in [-0.4, -0.2) is 51.8 Å². The number of aromatic nitrogens is 2. The van der Waals surface area contributed by atoms with Gasteiger partial charge in [-0.15, -0.1) is 5.10 Å². The third-order valence-electron chi connectivity index (χ3n) is 3.75. The van der Waals surface area contributed by atoms with Crippen molar-refractivity contribution in [3.63, 3.8) is 0 Å². The van der Waals surface area contributed by atoms with E-state index in [2.05, 4.69) is 25.4 Å². The number of guanidine groups is 2. The molecule has 1 rings (SSSR count). The summed E-state index contributed by atoms with van der Waals surface area (Å²) in [5, 5.41) is 7.32. The van der Waals surface area contributed by atoms with Crippen LogP contribution in [-0.2, 0) is 4.79 Å². The molecule has 0 saturated carbocycles. The number of carbonyl (C=O) groups excluding carboxylic acids is 2. The number of aliphatic imine (C=N–C) groups is 1. The zero-order chi connectivity index (χ0) is 22.7. The van der Waals surface area contributed by atoms with Gasteiger partial charge in [0.05, 0.1) is 0 Å². The maximum Gasteiger partial charge on any atom is 0.280 e. The normalized spacial score (nSPS) is 11.1. The molecule has 2 amide bonds. The van der Waals surface area contributed by atoms with Crippen molar-refractivity contribution in [3.8, 4) is 0 Å². The Hall–Kier alpha value is -3.35. The molecule has 0 fully saturated rings. The maximum absolute atomic E-state index is 12.1. The van der Waals surface area contributed by atoms with E-state index in [-0.39, 0.29) is 40.3 Å². The molecule has 1 aromatic heterocycles. The molecule has 0 aliphatic rings. The number of anilines is 2. The summed E-state index contributed by atoms with van der Waals surface area (Å²) in [7, 11) is 0. The number of nitrogen functional groups attached to an aromatic ring is 2. The summed E-state index contributed by atoms with van der Waals surface area (Å²) in [4.78, 5) is 35.4. The van der Waals surface area contributed by atoms with Crippen molar-refractivity contribution < 1.29 is 9.59 Å². The molecule has 0 atom stereocenters. The molecule has 0 aliphatic carbocycles. The molecule has 0 aliphatic heterocycles. The lowest BCUT2D eigenvalue weighted by Gasteiger charge is -2.16. The predicted molar refractivity (Wildman–Crippen MR) is 116 cm³/mol. The van der Waals surface area contributed by atoms with Crippen molar-refractivity contribution in [1.29, 1.82) is 0 Å². The standard InChI is InChI=1S/C16H28ClN11O2/c1-2-9(29)28(27-15(20)21)8-6-4-3-5-7-23-16(22)26-14(30)10-12(18)25-13(19)11(17)24-10/h2-8H2,1H3,(H4,18,19,25)(H4,20,21,27)(H3,22,23,26,30). The Labute approximate surface area is 179 Å². The number of unbranched alkanes of at least 4 members (excludes halogenated alkanes) is 3. The van der Waals surface area contributed by atoms with Gasteiger partial charge in [0.2, 0.25) is 11.9 Å². The number of hydrogen-bond acceptors (Lipinski definition) is 8. The van der Waals surface area contributed by atoms with Crippen molar-refractivity contribution >= 4 is 47.0 Å². The molecule has 0 spiro atoms. The number of halogens is 1. The first-order valence-corrected chi connectivity index (χ1v) is 9.63. The number of hydrazone groups is 1. The van der Waals surface area contributed by atoms with Crippen LogP contribution in [0.2, 0.25) is 5.15 Å². The van der Waals surface area contributed by atoms with E-state index >= 15 is 0 Å². The Morgan fingerprint density at radius 3 is 2.37 bits per heavy atom. The monoisotopic (exact) mass is 441 g/mol. The average Bonchev–Trinajstić information content (AvgIpc) is 2.67. The van der Waals surface area contributed by atoms with Crippen LogP contribution in [0, 0.1) is 0 Å². The lowest BCUT2D eigenvalue weighted by atomic mass is 10.2. The third kappa shape index (κ3) is 8.34. The molecular weight excluding hydrogens is 414 g/mol. The van der Waals surface area contributed by atoms with Gasteiger partial charge in [-0.3, -0.25) is 19.9 Å². The van der Waals surface area contributed by atoms with Crippen LogP contribution < -0.4 is 34.0 Å². The first-order chi connectivity index (χ1) is 14.1. The number of nitrogens with one attached hydrogen (secondary N) is 1. The second-order valence-electron chi connectivity index (χ2n) is 6.16. The number of nitrogens with zero attached hydrogens (tertiary/aromatic N) is 5. The second-order valence-corrected chi connectivity index (χ2v) is 6.52. The van der Waals surface area contributed by atoms with Crippen molar-refractivity contribution in [2.24, 2.45) is 27.3 Å². The van der Waals surface area contributed by atoms with E-state index in [9.17, 15) is 9.59 Å². The summed E-state index contributed by atoms with van der Waals surface area (Å²) in [6.45, 7) is 2.57. The Kier molecular flexibility index (Phi) is 10.1. The summed E-state index contributed by atoms with van der Waals surface area (Å²) >= 11 is 5.74. The highest BCUT2D eigenvalue weighted by Gasteiger charge is 2.16. The quantitative estimate of drug-likeness (QED) is 0.117. The Morgan fingerprint density at radius 1 is 1.07 bits per heavy atom. The SMILES string of the molecule is CCC(=O)N(CCCCCCN=C(N)NC(=O)c1nc(Cl)c(N)nc1N)N=C(N)N. The van der Waals surface area contributed by atoms with Crippen LogP contribution >= 0.6 is 11.6 Å². The topological polar surface area (TPSA) is 230 Å². The molecule has 1 aromatic rings. The zero-order valence-corrected chi connectivity index (χ0v) is 17.5. The highest BCUT2D eigenvalue weighted by atomic mass is 35.5. The third-order valence-corrected chi connectivity index (χ3v) is 4.03. The maximum atomic E-state index is 12.1. The van der Waals surface area contributed by atoms with Gasteiger partial charge in [-0.1, -0.05) is 31.4 Å². The second kappa shape index (κ2) is 12.3. The minimum absolute atomic E-state index is 0.0761. The van der Waals surface area contributed by atoms with Crippen LogP contribution in [0.15, 0.2) is 10.1 Å². The van der Waals surface area contributed by atoms with E-state index in [1.165, 1.54) is 5.01 Å². The van der Waals surface area contributed by atoms with E-state index in [4.69, 9.17) is 40.3 Å². The van der Waals surface area contributed by atoms with Gasteiger partial charge in [-0.05, 0) is 12.8 Å². The zero-order valence-electron chi connectivity index (χ0n) is 16.8. The summed E-state index contributed by atoms with van der Waals surface area (Å²) in [5.74, 6) is -1.32. The van der Waals surface area contributed by atoms with Gasteiger partial charge < -0.3 is 28.7 Å². The summed E-state index contributed by atoms with van der Waals surface area (Å²) < 4.78 is 0. The van der Waals surface area contributed by atoms with Crippen molar-refractivity contribution in [2.75, 3.05) is 24.6 Å². The largest absolute Gasteiger partial charge is 0.382 e. The molecule has 11 N–H and O–H groups in total. The average molecular weight is 442 g/mol. The molecule has 0 saturated heterocycles. The molecular formula is C16H28ClN11O2.